The van der Waals surface area contributed by atoms with Gasteiger partial charge in [0, 0.05) is 12.7 Å². The molecule has 0 aliphatic rings. The van der Waals surface area contributed by atoms with E-state index in [0.29, 0.717) is 0 Å². The van der Waals surface area contributed by atoms with Gasteiger partial charge >= 0.3 is 0 Å². The van der Waals surface area contributed by atoms with Crippen LogP contribution in [0, 0.1) is 0 Å². The highest BCUT2D eigenvalue weighted by Gasteiger charge is 1.99. The molecule has 0 radical (unpaired) electrons. The fraction of sp³-hybridized carbons (Fsp3) is 0.333. The first-order valence-corrected chi connectivity index (χ1v) is 4.46. The Balaban J connectivity index is 4.40. The van der Waals surface area contributed by atoms with Crippen LogP contribution in [0.5, 0.6) is 0 Å². The molecule has 0 aromatic rings. The maximum atomic E-state index is 4.01. The standard InChI is InChI=1S/C12H19N/c1-6-8-12(13-5)11(4)9-10(3)7-2/h6-8,13H,1,4,9H2,2-3,5H3/b10-7-,12-8-. The zero-order valence-corrected chi connectivity index (χ0v) is 8.85. The third-order valence-electron chi connectivity index (χ3n) is 1.92. The third kappa shape index (κ3) is 4.36. The van der Waals surface area contributed by atoms with Crippen LogP contribution >= 0.6 is 0 Å². The van der Waals surface area contributed by atoms with Crippen LogP contribution in [0.3, 0.4) is 0 Å². The van der Waals surface area contributed by atoms with E-state index in [-0.39, 0.29) is 0 Å². The third-order valence-corrected chi connectivity index (χ3v) is 1.92. The maximum absolute atomic E-state index is 4.01. The molecule has 13 heavy (non-hydrogen) atoms. The molecule has 0 unspecified atom stereocenters. The molecule has 0 aromatic heterocycles. The van der Waals surface area contributed by atoms with Gasteiger partial charge in [0.2, 0.25) is 0 Å². The van der Waals surface area contributed by atoms with Crippen molar-refractivity contribution in [2.75, 3.05) is 7.05 Å². The normalized spacial score (nSPS) is 12.5. The molecular weight excluding hydrogens is 158 g/mol. The molecule has 0 bridgehead atoms. The fourth-order valence-corrected chi connectivity index (χ4v) is 1.03. The Kier molecular flexibility index (Phi) is 5.69. The number of hydrogen-bond donors (Lipinski definition) is 1. The SMILES string of the molecule is C=C/C=C(\NC)C(=C)C/C(C)=C\C. The van der Waals surface area contributed by atoms with Crippen molar-refractivity contribution >= 4 is 0 Å². The monoisotopic (exact) mass is 177 g/mol. The molecule has 0 amide bonds. The largest absolute Gasteiger partial charge is 0.388 e. The van der Waals surface area contributed by atoms with Crippen molar-refractivity contribution in [1.82, 2.24) is 5.32 Å². The summed E-state index contributed by atoms with van der Waals surface area (Å²) in [5.74, 6) is 0. The Morgan fingerprint density at radius 1 is 1.46 bits per heavy atom. The van der Waals surface area contributed by atoms with Crippen molar-refractivity contribution in [1.29, 1.82) is 0 Å². The lowest BCUT2D eigenvalue weighted by atomic mass is 10.0. The number of rotatable bonds is 5. The van der Waals surface area contributed by atoms with Crippen molar-refractivity contribution in [3.8, 4) is 0 Å². The van der Waals surface area contributed by atoms with Crippen LogP contribution in [0.15, 0.2) is 48.2 Å². The molecule has 0 fully saturated rings. The molecule has 0 heterocycles. The Labute approximate surface area is 81.5 Å². The van der Waals surface area contributed by atoms with E-state index in [9.17, 15) is 0 Å². The minimum Gasteiger partial charge on any atom is -0.388 e. The summed E-state index contributed by atoms with van der Waals surface area (Å²) in [5.41, 5.74) is 3.48. The topological polar surface area (TPSA) is 12.0 Å². The first-order chi connectivity index (χ1) is 6.15. The highest BCUT2D eigenvalue weighted by atomic mass is 14.8. The molecule has 0 aliphatic heterocycles. The maximum Gasteiger partial charge on any atom is 0.0367 e. The second-order valence-corrected chi connectivity index (χ2v) is 2.98. The van der Waals surface area contributed by atoms with Crippen molar-refractivity contribution in [3.63, 3.8) is 0 Å². The van der Waals surface area contributed by atoms with Crippen molar-refractivity contribution in [2.24, 2.45) is 0 Å². The van der Waals surface area contributed by atoms with Crippen molar-refractivity contribution in [3.05, 3.63) is 48.2 Å². The summed E-state index contributed by atoms with van der Waals surface area (Å²) < 4.78 is 0. The van der Waals surface area contributed by atoms with Crippen LogP contribution in [0.2, 0.25) is 0 Å². The van der Waals surface area contributed by atoms with Crippen LogP contribution in [0.4, 0.5) is 0 Å². The van der Waals surface area contributed by atoms with Crippen molar-refractivity contribution < 1.29 is 0 Å². The first-order valence-electron chi connectivity index (χ1n) is 4.46. The van der Waals surface area contributed by atoms with Crippen LogP contribution in [0.25, 0.3) is 0 Å². The van der Waals surface area contributed by atoms with Gasteiger partial charge in [0.15, 0.2) is 0 Å². The summed E-state index contributed by atoms with van der Waals surface area (Å²) in [6, 6.07) is 0. The molecule has 0 rings (SSSR count). The van der Waals surface area contributed by atoms with E-state index in [1.165, 1.54) is 5.57 Å². The van der Waals surface area contributed by atoms with E-state index in [1.54, 1.807) is 6.08 Å². The molecule has 1 heteroatoms. The van der Waals surface area contributed by atoms with E-state index in [2.05, 4.69) is 31.5 Å². The molecule has 0 spiro atoms. The van der Waals surface area contributed by atoms with Gasteiger partial charge in [-0.1, -0.05) is 30.9 Å². The molecule has 72 valence electrons. The average molecular weight is 177 g/mol. The lowest BCUT2D eigenvalue weighted by Gasteiger charge is -2.09. The summed E-state index contributed by atoms with van der Waals surface area (Å²) in [5, 5.41) is 3.10. The highest BCUT2D eigenvalue weighted by Crippen LogP contribution is 2.14. The predicted octanol–water partition coefficient (Wildman–Crippen LogP) is 3.19. The number of allylic oxidation sites excluding steroid dienone is 5. The van der Waals surface area contributed by atoms with Gasteiger partial charge in [0.1, 0.15) is 0 Å². The lowest BCUT2D eigenvalue weighted by Crippen LogP contribution is -2.07. The predicted molar refractivity (Wildman–Crippen MR) is 60.5 cm³/mol. The second kappa shape index (κ2) is 6.30. The summed E-state index contributed by atoms with van der Waals surface area (Å²) in [4.78, 5) is 0. The summed E-state index contributed by atoms with van der Waals surface area (Å²) >= 11 is 0. The highest BCUT2D eigenvalue weighted by molar-refractivity contribution is 5.32. The minimum absolute atomic E-state index is 0.914. The van der Waals surface area contributed by atoms with Gasteiger partial charge in [0.05, 0.1) is 0 Å². The zero-order valence-electron chi connectivity index (χ0n) is 8.85. The Hall–Kier alpha value is -1.24. The van der Waals surface area contributed by atoms with Gasteiger partial charge in [-0.2, -0.15) is 0 Å². The minimum atomic E-state index is 0.914. The molecule has 0 saturated carbocycles. The number of hydrogen-bond acceptors (Lipinski definition) is 1. The fourth-order valence-electron chi connectivity index (χ4n) is 1.03. The molecule has 0 atom stereocenters. The molecule has 0 saturated heterocycles. The quantitative estimate of drug-likeness (QED) is 0.502. The van der Waals surface area contributed by atoms with E-state index in [4.69, 9.17) is 0 Å². The van der Waals surface area contributed by atoms with Gasteiger partial charge in [-0.05, 0) is 31.9 Å². The van der Waals surface area contributed by atoms with E-state index >= 15 is 0 Å². The Morgan fingerprint density at radius 3 is 2.46 bits per heavy atom. The van der Waals surface area contributed by atoms with Crippen LogP contribution in [-0.2, 0) is 0 Å². The summed E-state index contributed by atoms with van der Waals surface area (Å²) in [6.45, 7) is 11.8. The zero-order chi connectivity index (χ0) is 10.3. The second-order valence-electron chi connectivity index (χ2n) is 2.98. The average Bonchev–Trinajstić information content (AvgIpc) is 2.13. The summed E-state index contributed by atoms with van der Waals surface area (Å²) in [6.07, 6.45) is 6.72. The number of nitrogens with one attached hydrogen (secondary N) is 1. The number of likely N-dealkylation sites (N-methyl/N-ethyl adjacent to an activating group) is 1. The summed E-state index contributed by atoms with van der Waals surface area (Å²) in [7, 11) is 1.89. The molecule has 0 aromatic carbocycles. The Bertz CT molecular complexity index is 244. The first kappa shape index (κ1) is 11.8. The van der Waals surface area contributed by atoms with E-state index in [0.717, 1.165) is 17.7 Å². The molecule has 0 aliphatic carbocycles. The molecule has 1 N–H and O–H groups in total. The van der Waals surface area contributed by atoms with Crippen LogP contribution < -0.4 is 5.32 Å². The van der Waals surface area contributed by atoms with Crippen LogP contribution in [0.1, 0.15) is 20.3 Å². The van der Waals surface area contributed by atoms with Crippen molar-refractivity contribution in [2.45, 2.75) is 20.3 Å². The van der Waals surface area contributed by atoms with Crippen LogP contribution in [-0.4, -0.2) is 7.05 Å². The van der Waals surface area contributed by atoms with Gasteiger partial charge < -0.3 is 5.32 Å². The lowest BCUT2D eigenvalue weighted by molar-refractivity contribution is 0.963. The molecule has 1 nitrogen and oxygen atoms in total. The van der Waals surface area contributed by atoms with Gasteiger partial charge in [-0.25, -0.2) is 0 Å². The van der Waals surface area contributed by atoms with Gasteiger partial charge in [-0.15, -0.1) is 0 Å². The smallest absolute Gasteiger partial charge is 0.0367 e. The van der Waals surface area contributed by atoms with E-state index in [1.807, 2.05) is 20.0 Å². The van der Waals surface area contributed by atoms with Gasteiger partial charge in [-0.3, -0.25) is 0 Å². The Morgan fingerprint density at radius 2 is 2.08 bits per heavy atom. The van der Waals surface area contributed by atoms with E-state index < -0.39 is 0 Å². The molecular formula is C12H19N. The van der Waals surface area contributed by atoms with Gasteiger partial charge in [0.25, 0.3) is 0 Å².